The van der Waals surface area contributed by atoms with Gasteiger partial charge in [-0.3, -0.25) is 4.98 Å². The minimum atomic E-state index is 0.252. The average molecular weight is 214 g/mol. The van der Waals surface area contributed by atoms with Gasteiger partial charge in [-0.1, -0.05) is 6.07 Å². The zero-order valence-electron chi connectivity index (χ0n) is 9.14. The molecule has 0 saturated heterocycles. The van der Waals surface area contributed by atoms with E-state index in [9.17, 15) is 5.11 Å². The third-order valence-corrected chi connectivity index (χ3v) is 2.49. The predicted molar refractivity (Wildman–Crippen MR) is 64.0 cm³/mol. The fourth-order valence-electron chi connectivity index (χ4n) is 1.61. The van der Waals surface area contributed by atoms with Gasteiger partial charge >= 0.3 is 0 Å². The van der Waals surface area contributed by atoms with Crippen LogP contribution in [0.4, 0.5) is 0 Å². The molecule has 2 aromatic rings. The number of benzene rings is 1. The molecule has 1 aromatic heterocycles. The van der Waals surface area contributed by atoms with Gasteiger partial charge in [0.2, 0.25) is 0 Å². The van der Waals surface area contributed by atoms with Crippen LogP contribution in [-0.2, 0) is 6.54 Å². The van der Waals surface area contributed by atoms with Crippen LogP contribution in [0.15, 0.2) is 36.5 Å². The largest absolute Gasteiger partial charge is 0.507 e. The number of nitrogens with two attached hydrogens (primary N) is 1. The van der Waals surface area contributed by atoms with Gasteiger partial charge in [-0.25, -0.2) is 0 Å². The lowest BCUT2D eigenvalue weighted by Crippen LogP contribution is -1.97. The van der Waals surface area contributed by atoms with Gasteiger partial charge in [-0.2, -0.15) is 0 Å². The van der Waals surface area contributed by atoms with Crippen molar-refractivity contribution in [1.29, 1.82) is 0 Å². The Bertz CT molecular complexity index is 509. The van der Waals surface area contributed by atoms with Crippen LogP contribution in [-0.4, -0.2) is 10.1 Å². The Kier molecular flexibility index (Phi) is 2.88. The number of rotatable bonds is 2. The SMILES string of the molecule is Cc1ccc(-c2cc(CN)ccn2)c(O)c1. The zero-order chi connectivity index (χ0) is 11.5. The first-order chi connectivity index (χ1) is 7.70. The molecule has 0 radical (unpaired) electrons. The summed E-state index contributed by atoms with van der Waals surface area (Å²) in [7, 11) is 0. The van der Waals surface area contributed by atoms with Crippen LogP contribution in [0.1, 0.15) is 11.1 Å². The van der Waals surface area contributed by atoms with Gasteiger partial charge in [0.1, 0.15) is 5.75 Å². The van der Waals surface area contributed by atoms with Crippen molar-refractivity contribution in [2.75, 3.05) is 0 Å². The molecule has 0 spiro atoms. The van der Waals surface area contributed by atoms with Crippen LogP contribution >= 0.6 is 0 Å². The number of hydrogen-bond donors (Lipinski definition) is 2. The van der Waals surface area contributed by atoms with E-state index in [-0.39, 0.29) is 5.75 Å². The molecular formula is C13H14N2O. The molecule has 2 rings (SSSR count). The number of phenolic OH excluding ortho intramolecular Hbond substituents is 1. The molecule has 3 N–H and O–H groups in total. The third-order valence-electron chi connectivity index (χ3n) is 2.49. The van der Waals surface area contributed by atoms with Crippen LogP contribution in [0, 0.1) is 6.92 Å². The van der Waals surface area contributed by atoms with E-state index >= 15 is 0 Å². The maximum absolute atomic E-state index is 9.84. The van der Waals surface area contributed by atoms with E-state index < -0.39 is 0 Å². The molecule has 82 valence electrons. The number of aromatic nitrogens is 1. The van der Waals surface area contributed by atoms with Gasteiger partial charge in [0.05, 0.1) is 5.69 Å². The van der Waals surface area contributed by atoms with Crippen molar-refractivity contribution >= 4 is 0 Å². The first-order valence-corrected chi connectivity index (χ1v) is 5.15. The fourth-order valence-corrected chi connectivity index (χ4v) is 1.61. The lowest BCUT2D eigenvalue weighted by atomic mass is 10.1. The molecule has 16 heavy (non-hydrogen) atoms. The molecule has 0 aliphatic heterocycles. The van der Waals surface area contributed by atoms with E-state index in [1.807, 2.05) is 31.2 Å². The summed E-state index contributed by atoms with van der Waals surface area (Å²) in [6, 6.07) is 9.31. The van der Waals surface area contributed by atoms with E-state index in [1.54, 1.807) is 12.3 Å². The van der Waals surface area contributed by atoms with Gasteiger partial charge in [-0.15, -0.1) is 0 Å². The Balaban J connectivity index is 2.49. The zero-order valence-corrected chi connectivity index (χ0v) is 9.14. The maximum Gasteiger partial charge on any atom is 0.125 e. The van der Waals surface area contributed by atoms with Gasteiger partial charge in [0.25, 0.3) is 0 Å². The van der Waals surface area contributed by atoms with Crippen molar-refractivity contribution in [1.82, 2.24) is 4.98 Å². The van der Waals surface area contributed by atoms with Gasteiger partial charge in [-0.05, 0) is 42.3 Å². The Morgan fingerprint density at radius 1 is 1.25 bits per heavy atom. The molecule has 1 heterocycles. The number of phenols is 1. The Morgan fingerprint density at radius 3 is 2.75 bits per heavy atom. The predicted octanol–water partition coefficient (Wildman–Crippen LogP) is 2.22. The Morgan fingerprint density at radius 2 is 2.06 bits per heavy atom. The molecule has 0 fully saturated rings. The summed E-state index contributed by atoms with van der Waals surface area (Å²) in [6.07, 6.45) is 1.71. The molecule has 1 aromatic carbocycles. The van der Waals surface area contributed by atoms with Crippen molar-refractivity contribution in [2.24, 2.45) is 5.73 Å². The van der Waals surface area contributed by atoms with E-state index in [0.29, 0.717) is 6.54 Å². The number of pyridine rings is 1. The number of hydrogen-bond acceptors (Lipinski definition) is 3. The van der Waals surface area contributed by atoms with E-state index in [4.69, 9.17) is 5.73 Å². The van der Waals surface area contributed by atoms with Crippen molar-refractivity contribution in [3.8, 4) is 17.0 Å². The highest BCUT2D eigenvalue weighted by Gasteiger charge is 2.05. The van der Waals surface area contributed by atoms with Crippen LogP contribution in [0.5, 0.6) is 5.75 Å². The summed E-state index contributed by atoms with van der Waals surface area (Å²) in [5.41, 5.74) is 9.08. The quantitative estimate of drug-likeness (QED) is 0.805. The minimum Gasteiger partial charge on any atom is -0.507 e. The van der Waals surface area contributed by atoms with Gasteiger partial charge in [0, 0.05) is 18.3 Å². The number of aromatic hydroxyl groups is 1. The van der Waals surface area contributed by atoms with Crippen LogP contribution in [0.2, 0.25) is 0 Å². The topological polar surface area (TPSA) is 59.1 Å². The molecule has 0 unspecified atom stereocenters. The molecule has 0 atom stereocenters. The summed E-state index contributed by atoms with van der Waals surface area (Å²) >= 11 is 0. The highest BCUT2D eigenvalue weighted by molar-refractivity contribution is 5.67. The van der Waals surface area contributed by atoms with E-state index in [0.717, 1.165) is 22.4 Å². The normalized spacial score (nSPS) is 10.4. The van der Waals surface area contributed by atoms with E-state index in [2.05, 4.69) is 4.98 Å². The monoisotopic (exact) mass is 214 g/mol. The van der Waals surface area contributed by atoms with Crippen molar-refractivity contribution in [3.63, 3.8) is 0 Å². The minimum absolute atomic E-state index is 0.252. The summed E-state index contributed by atoms with van der Waals surface area (Å²) in [5.74, 6) is 0.252. The second kappa shape index (κ2) is 4.33. The summed E-state index contributed by atoms with van der Waals surface area (Å²) in [5, 5.41) is 9.84. The molecule has 3 heteroatoms. The fraction of sp³-hybridized carbons (Fsp3) is 0.154. The lowest BCUT2D eigenvalue weighted by Gasteiger charge is -2.06. The summed E-state index contributed by atoms with van der Waals surface area (Å²) in [4.78, 5) is 4.23. The summed E-state index contributed by atoms with van der Waals surface area (Å²) < 4.78 is 0. The first kappa shape index (κ1) is 10.6. The van der Waals surface area contributed by atoms with Crippen LogP contribution in [0.25, 0.3) is 11.3 Å². The van der Waals surface area contributed by atoms with Crippen molar-refractivity contribution in [3.05, 3.63) is 47.7 Å². The standard InChI is InChI=1S/C13H14N2O/c1-9-2-3-11(13(16)6-9)12-7-10(8-14)4-5-15-12/h2-7,16H,8,14H2,1H3. The van der Waals surface area contributed by atoms with Crippen molar-refractivity contribution < 1.29 is 5.11 Å². The smallest absolute Gasteiger partial charge is 0.125 e. The van der Waals surface area contributed by atoms with E-state index in [1.165, 1.54) is 0 Å². The third kappa shape index (κ3) is 2.04. The number of aryl methyl sites for hydroxylation is 1. The molecule has 0 aliphatic carbocycles. The average Bonchev–Trinajstić information content (AvgIpc) is 2.29. The first-order valence-electron chi connectivity index (χ1n) is 5.15. The maximum atomic E-state index is 9.84. The Labute approximate surface area is 94.6 Å². The lowest BCUT2D eigenvalue weighted by molar-refractivity contribution is 0.476. The summed E-state index contributed by atoms with van der Waals surface area (Å²) in [6.45, 7) is 2.41. The highest BCUT2D eigenvalue weighted by Crippen LogP contribution is 2.28. The van der Waals surface area contributed by atoms with Gasteiger partial charge in [0.15, 0.2) is 0 Å². The van der Waals surface area contributed by atoms with Crippen LogP contribution in [0.3, 0.4) is 0 Å². The van der Waals surface area contributed by atoms with Gasteiger partial charge < -0.3 is 10.8 Å². The van der Waals surface area contributed by atoms with Crippen molar-refractivity contribution in [2.45, 2.75) is 13.5 Å². The second-order valence-corrected chi connectivity index (χ2v) is 3.77. The Hall–Kier alpha value is -1.87. The molecule has 3 nitrogen and oxygen atoms in total. The molecular weight excluding hydrogens is 200 g/mol. The number of nitrogens with zero attached hydrogens (tertiary/aromatic N) is 1. The highest BCUT2D eigenvalue weighted by atomic mass is 16.3. The second-order valence-electron chi connectivity index (χ2n) is 3.77. The molecule has 0 aliphatic rings. The molecule has 0 bridgehead atoms. The molecule has 0 saturated carbocycles. The van der Waals surface area contributed by atoms with Crippen LogP contribution < -0.4 is 5.73 Å². The molecule has 0 amide bonds.